The number of nitrogens with zero attached hydrogens (tertiary/aromatic N) is 2. The van der Waals surface area contributed by atoms with Crippen LogP contribution in [-0.4, -0.2) is 41.2 Å². The summed E-state index contributed by atoms with van der Waals surface area (Å²) < 4.78 is 5.91. The number of anilines is 1. The molecular formula is C19H21ClN2O4. The van der Waals surface area contributed by atoms with Gasteiger partial charge in [0.25, 0.3) is 5.91 Å². The van der Waals surface area contributed by atoms with E-state index in [1.54, 1.807) is 0 Å². The molecule has 4 aliphatic rings. The number of carboxylic acid groups (broad SMARTS) is 1. The van der Waals surface area contributed by atoms with E-state index in [0.717, 1.165) is 12.3 Å². The molecule has 1 N–H and O–H groups in total. The first kappa shape index (κ1) is 16.5. The van der Waals surface area contributed by atoms with Crippen LogP contribution in [0.5, 0.6) is 0 Å². The third kappa shape index (κ3) is 2.24. The van der Waals surface area contributed by atoms with Gasteiger partial charge in [0.2, 0.25) is 0 Å². The number of aromatic nitrogens is 1. The third-order valence-corrected chi connectivity index (χ3v) is 7.33. The molecule has 0 unspecified atom stereocenters. The normalized spacial score (nSPS) is 27.3. The lowest BCUT2D eigenvalue weighted by Gasteiger charge is -2.16. The van der Waals surface area contributed by atoms with Crippen molar-refractivity contribution in [2.24, 2.45) is 16.7 Å². The molecule has 5 rings (SSSR count). The Kier molecular flexibility index (Phi) is 3.44. The molecule has 1 amide bonds. The van der Waals surface area contributed by atoms with E-state index in [4.69, 9.17) is 21.4 Å². The molecule has 1 aromatic rings. The highest BCUT2D eigenvalue weighted by Gasteiger charge is 2.85. The SMILES string of the molecule is O=C(O)c1ccc(N2CC[C@H](OCCC3C4(CC4)C34CC4)C2=O)nc1Cl. The van der Waals surface area contributed by atoms with E-state index < -0.39 is 12.1 Å². The average Bonchev–Trinajstić information content (AvgIpc) is 3.53. The molecule has 0 aromatic carbocycles. The molecule has 1 aliphatic heterocycles. The lowest BCUT2D eigenvalue weighted by Crippen LogP contribution is -2.31. The van der Waals surface area contributed by atoms with Gasteiger partial charge in [0.1, 0.15) is 17.1 Å². The molecule has 2 spiro atoms. The number of carbonyl (C=O) groups is 2. The fourth-order valence-corrected chi connectivity index (χ4v) is 5.68. The molecule has 26 heavy (non-hydrogen) atoms. The zero-order chi connectivity index (χ0) is 18.1. The Bertz CT molecular complexity index is 785. The van der Waals surface area contributed by atoms with Gasteiger partial charge in [-0.15, -0.1) is 0 Å². The van der Waals surface area contributed by atoms with Gasteiger partial charge in [0, 0.05) is 19.6 Å². The summed E-state index contributed by atoms with van der Waals surface area (Å²) in [5.41, 5.74) is 1.28. The molecule has 1 saturated heterocycles. The second-order valence-electron chi connectivity index (χ2n) is 8.10. The van der Waals surface area contributed by atoms with E-state index in [-0.39, 0.29) is 16.6 Å². The maximum Gasteiger partial charge on any atom is 0.338 e. The van der Waals surface area contributed by atoms with Gasteiger partial charge in [-0.1, -0.05) is 11.6 Å². The van der Waals surface area contributed by atoms with Gasteiger partial charge < -0.3 is 9.84 Å². The summed E-state index contributed by atoms with van der Waals surface area (Å²) in [4.78, 5) is 29.2. The lowest BCUT2D eigenvalue weighted by atomic mass is 10.2. The molecule has 7 heteroatoms. The number of carbonyl (C=O) groups excluding carboxylic acids is 1. The van der Waals surface area contributed by atoms with Crippen molar-refractivity contribution in [1.29, 1.82) is 0 Å². The first-order valence-corrected chi connectivity index (χ1v) is 9.69. The number of carboxylic acids is 1. The molecule has 3 aliphatic carbocycles. The lowest BCUT2D eigenvalue weighted by molar-refractivity contribution is -0.127. The Balaban J connectivity index is 1.18. The minimum absolute atomic E-state index is 0.0673. The Hall–Kier alpha value is -1.66. The number of hydrogen-bond acceptors (Lipinski definition) is 4. The monoisotopic (exact) mass is 376 g/mol. The van der Waals surface area contributed by atoms with E-state index >= 15 is 0 Å². The maximum absolute atomic E-state index is 12.6. The fourth-order valence-electron chi connectivity index (χ4n) is 5.45. The van der Waals surface area contributed by atoms with E-state index in [1.807, 2.05) is 0 Å². The number of hydrogen-bond donors (Lipinski definition) is 1. The van der Waals surface area contributed by atoms with Crippen LogP contribution in [0.1, 0.15) is 48.9 Å². The van der Waals surface area contributed by atoms with Crippen LogP contribution in [0.25, 0.3) is 0 Å². The Morgan fingerprint density at radius 2 is 2.00 bits per heavy atom. The summed E-state index contributed by atoms with van der Waals surface area (Å²) in [6.07, 6.45) is 6.85. The van der Waals surface area contributed by atoms with E-state index in [0.29, 0.717) is 36.2 Å². The van der Waals surface area contributed by atoms with Gasteiger partial charge in [-0.25, -0.2) is 9.78 Å². The number of halogens is 1. The van der Waals surface area contributed by atoms with Gasteiger partial charge in [0.15, 0.2) is 0 Å². The minimum atomic E-state index is -1.13. The van der Waals surface area contributed by atoms with Crippen molar-refractivity contribution in [2.75, 3.05) is 18.1 Å². The summed E-state index contributed by atoms with van der Waals surface area (Å²) in [5, 5.41) is 8.91. The van der Waals surface area contributed by atoms with Crippen molar-refractivity contribution in [1.82, 2.24) is 4.98 Å². The Labute approximate surface area is 156 Å². The van der Waals surface area contributed by atoms with Crippen LogP contribution in [-0.2, 0) is 9.53 Å². The van der Waals surface area contributed by atoms with Gasteiger partial charge in [-0.2, -0.15) is 0 Å². The zero-order valence-corrected chi connectivity index (χ0v) is 15.2. The fraction of sp³-hybridized carbons (Fsp3) is 0.632. The van der Waals surface area contributed by atoms with Gasteiger partial charge in [0.05, 0.1) is 5.56 Å². The highest BCUT2D eigenvalue weighted by Crippen LogP contribution is 2.93. The van der Waals surface area contributed by atoms with Crippen LogP contribution in [0.2, 0.25) is 5.15 Å². The number of ether oxygens (including phenoxy) is 1. The van der Waals surface area contributed by atoms with Crippen molar-refractivity contribution in [3.05, 3.63) is 22.8 Å². The van der Waals surface area contributed by atoms with Crippen LogP contribution in [0, 0.1) is 16.7 Å². The van der Waals surface area contributed by atoms with Crippen molar-refractivity contribution in [3.63, 3.8) is 0 Å². The highest BCUT2D eigenvalue weighted by atomic mass is 35.5. The first-order valence-electron chi connectivity index (χ1n) is 9.31. The highest BCUT2D eigenvalue weighted by molar-refractivity contribution is 6.32. The van der Waals surface area contributed by atoms with Crippen molar-refractivity contribution >= 4 is 29.3 Å². The molecule has 3 saturated carbocycles. The van der Waals surface area contributed by atoms with Crippen LogP contribution >= 0.6 is 11.6 Å². The number of pyridine rings is 1. The van der Waals surface area contributed by atoms with Gasteiger partial charge in [-0.05, 0) is 61.0 Å². The smallest absolute Gasteiger partial charge is 0.338 e. The van der Waals surface area contributed by atoms with Crippen LogP contribution in [0.4, 0.5) is 5.82 Å². The predicted molar refractivity (Wildman–Crippen MR) is 94.4 cm³/mol. The van der Waals surface area contributed by atoms with Crippen LogP contribution in [0.15, 0.2) is 12.1 Å². The second-order valence-corrected chi connectivity index (χ2v) is 8.46. The topological polar surface area (TPSA) is 79.7 Å². The molecule has 0 bridgehead atoms. The van der Waals surface area contributed by atoms with Crippen LogP contribution in [0.3, 0.4) is 0 Å². The quantitative estimate of drug-likeness (QED) is 0.771. The summed E-state index contributed by atoms with van der Waals surface area (Å²) in [6.45, 7) is 1.15. The molecule has 138 valence electrons. The number of amides is 1. The number of fused-ring (bicyclic) bond motifs is 1. The Morgan fingerprint density at radius 1 is 1.31 bits per heavy atom. The zero-order valence-electron chi connectivity index (χ0n) is 14.4. The predicted octanol–water partition coefficient (Wildman–Crippen LogP) is 3.14. The molecule has 1 atom stereocenters. The summed E-state index contributed by atoms with van der Waals surface area (Å²) >= 11 is 5.92. The third-order valence-electron chi connectivity index (χ3n) is 7.04. The molecule has 6 nitrogen and oxygen atoms in total. The minimum Gasteiger partial charge on any atom is -0.478 e. The van der Waals surface area contributed by atoms with E-state index in [1.165, 1.54) is 42.7 Å². The van der Waals surface area contributed by atoms with Gasteiger partial charge in [-0.3, -0.25) is 9.69 Å². The first-order chi connectivity index (χ1) is 12.5. The molecule has 2 heterocycles. The van der Waals surface area contributed by atoms with Gasteiger partial charge >= 0.3 is 5.97 Å². The standard InChI is InChI=1S/C19H21ClN2O4/c20-15-11(17(24)25)1-2-14(21-15)22-9-3-12(16(22)23)26-10-4-13-18(5-6-18)19(13)7-8-19/h1-2,12-13H,3-10H2,(H,24,25)/t12-/m0/s1. The second kappa shape index (κ2) is 5.42. The Morgan fingerprint density at radius 3 is 2.58 bits per heavy atom. The van der Waals surface area contributed by atoms with E-state index in [9.17, 15) is 9.59 Å². The molecule has 4 fully saturated rings. The number of aromatic carboxylic acids is 1. The van der Waals surface area contributed by atoms with Crippen molar-refractivity contribution in [2.45, 2.75) is 44.6 Å². The van der Waals surface area contributed by atoms with Crippen molar-refractivity contribution < 1.29 is 19.4 Å². The summed E-state index contributed by atoms with van der Waals surface area (Å²) in [6, 6.07) is 2.90. The number of rotatable bonds is 6. The van der Waals surface area contributed by atoms with Crippen molar-refractivity contribution in [3.8, 4) is 0 Å². The largest absolute Gasteiger partial charge is 0.478 e. The van der Waals surface area contributed by atoms with E-state index in [2.05, 4.69) is 4.98 Å². The average molecular weight is 377 g/mol. The molecule has 1 aromatic heterocycles. The summed E-state index contributed by atoms with van der Waals surface area (Å²) in [7, 11) is 0. The van der Waals surface area contributed by atoms with Crippen LogP contribution < -0.4 is 4.90 Å². The molecular weight excluding hydrogens is 356 g/mol. The maximum atomic E-state index is 12.6. The molecule has 0 radical (unpaired) electrons. The summed E-state index contributed by atoms with van der Waals surface area (Å²) in [5.74, 6) is -0.0431.